The second-order valence-corrected chi connectivity index (χ2v) is 5.30. The van der Waals surface area contributed by atoms with Crippen molar-refractivity contribution < 1.29 is 18.7 Å². The molecular formula is C20H21NO4. The predicted molar refractivity (Wildman–Crippen MR) is 96.2 cm³/mol. The second-order valence-electron chi connectivity index (χ2n) is 5.30. The van der Waals surface area contributed by atoms with Crippen LogP contribution in [0.4, 0.5) is 0 Å². The summed E-state index contributed by atoms with van der Waals surface area (Å²) < 4.78 is 10.4. The molecule has 5 heteroatoms. The number of ether oxygens (including phenoxy) is 1. The van der Waals surface area contributed by atoms with Crippen LogP contribution in [-0.2, 0) is 14.3 Å². The molecule has 1 N–H and O–H groups in total. The van der Waals surface area contributed by atoms with E-state index >= 15 is 0 Å². The summed E-state index contributed by atoms with van der Waals surface area (Å²) in [4.78, 5) is 24.3. The zero-order valence-electron chi connectivity index (χ0n) is 14.1. The largest absolute Gasteiger partial charge is 0.465 e. The number of hydrogen-bond acceptors (Lipinski definition) is 4. The minimum atomic E-state index is -0.591. The van der Waals surface area contributed by atoms with Gasteiger partial charge in [0.05, 0.1) is 12.9 Å². The fourth-order valence-electron chi connectivity index (χ4n) is 1.96. The van der Waals surface area contributed by atoms with E-state index in [0.717, 1.165) is 18.4 Å². The first-order chi connectivity index (χ1) is 12.2. The summed E-state index contributed by atoms with van der Waals surface area (Å²) in [5.74, 6) is -0.560. The summed E-state index contributed by atoms with van der Waals surface area (Å²) in [5.41, 5.74) is 0.925. The highest BCUT2D eigenvalue weighted by molar-refractivity contribution is 6.01. The summed E-state index contributed by atoms with van der Waals surface area (Å²) in [5, 5.41) is 2.55. The average molecular weight is 339 g/mol. The van der Waals surface area contributed by atoms with Gasteiger partial charge in [-0.3, -0.25) is 4.79 Å². The normalized spacial score (nSPS) is 11.5. The molecule has 1 aromatic carbocycles. The Morgan fingerprint density at radius 2 is 1.96 bits per heavy atom. The summed E-state index contributed by atoms with van der Waals surface area (Å²) >= 11 is 0. The Balaban J connectivity index is 2.06. The minimum Gasteiger partial charge on any atom is -0.465 e. The van der Waals surface area contributed by atoms with E-state index in [4.69, 9.17) is 9.15 Å². The van der Waals surface area contributed by atoms with Crippen LogP contribution in [0.1, 0.15) is 31.1 Å². The standard InChI is InChI=1S/C20H21NO4/c1-2-3-13-25-20(23)18(15-17-10-7-14-24-17)21-19(22)12-11-16-8-5-4-6-9-16/h4-12,14-15H,2-3,13H2,1H3,(H,21,22). The van der Waals surface area contributed by atoms with Crippen LogP contribution in [0.25, 0.3) is 12.2 Å². The maximum Gasteiger partial charge on any atom is 0.354 e. The Morgan fingerprint density at radius 1 is 1.16 bits per heavy atom. The molecule has 1 aromatic heterocycles. The van der Waals surface area contributed by atoms with Crippen molar-refractivity contribution in [1.82, 2.24) is 5.32 Å². The number of rotatable bonds is 8. The molecule has 0 saturated carbocycles. The number of amides is 1. The molecule has 2 rings (SSSR count). The van der Waals surface area contributed by atoms with Gasteiger partial charge in [-0.15, -0.1) is 0 Å². The van der Waals surface area contributed by atoms with E-state index in [1.807, 2.05) is 37.3 Å². The topological polar surface area (TPSA) is 68.5 Å². The van der Waals surface area contributed by atoms with Gasteiger partial charge in [0.2, 0.25) is 5.91 Å². The zero-order valence-corrected chi connectivity index (χ0v) is 14.1. The van der Waals surface area contributed by atoms with Crippen LogP contribution in [0.15, 0.2) is 64.9 Å². The quantitative estimate of drug-likeness (QED) is 0.451. The van der Waals surface area contributed by atoms with Gasteiger partial charge in [0, 0.05) is 12.2 Å². The van der Waals surface area contributed by atoms with Crippen molar-refractivity contribution in [2.24, 2.45) is 0 Å². The Bertz CT molecular complexity index is 730. The minimum absolute atomic E-state index is 0.0359. The highest BCUT2D eigenvalue weighted by Crippen LogP contribution is 2.08. The number of hydrogen-bond donors (Lipinski definition) is 1. The molecule has 0 radical (unpaired) electrons. The smallest absolute Gasteiger partial charge is 0.354 e. The zero-order chi connectivity index (χ0) is 17.9. The Labute approximate surface area is 147 Å². The summed E-state index contributed by atoms with van der Waals surface area (Å²) in [7, 11) is 0. The molecular weight excluding hydrogens is 318 g/mol. The van der Waals surface area contributed by atoms with Gasteiger partial charge in [0.25, 0.3) is 0 Å². The number of esters is 1. The average Bonchev–Trinajstić information content (AvgIpc) is 3.13. The lowest BCUT2D eigenvalue weighted by molar-refractivity contribution is -0.140. The molecule has 0 saturated heterocycles. The van der Waals surface area contributed by atoms with E-state index in [-0.39, 0.29) is 5.70 Å². The van der Waals surface area contributed by atoms with Crippen molar-refractivity contribution in [3.05, 3.63) is 71.8 Å². The lowest BCUT2D eigenvalue weighted by atomic mass is 10.2. The number of carbonyl (C=O) groups excluding carboxylic acids is 2. The van der Waals surface area contributed by atoms with Gasteiger partial charge in [0.1, 0.15) is 11.5 Å². The lowest BCUT2D eigenvalue weighted by Gasteiger charge is -2.08. The molecule has 0 spiro atoms. The van der Waals surface area contributed by atoms with Crippen LogP contribution in [0.3, 0.4) is 0 Å². The highest BCUT2D eigenvalue weighted by atomic mass is 16.5. The molecule has 25 heavy (non-hydrogen) atoms. The molecule has 5 nitrogen and oxygen atoms in total. The first kappa shape index (κ1) is 18.3. The first-order valence-electron chi connectivity index (χ1n) is 8.15. The fraction of sp³-hybridized carbons (Fsp3) is 0.200. The maximum absolute atomic E-state index is 12.2. The van der Waals surface area contributed by atoms with E-state index < -0.39 is 11.9 Å². The third-order valence-corrected chi connectivity index (χ3v) is 3.27. The molecule has 2 aromatic rings. The Kier molecular flexibility index (Phi) is 7.25. The van der Waals surface area contributed by atoms with Crippen LogP contribution in [0.5, 0.6) is 0 Å². The van der Waals surface area contributed by atoms with Gasteiger partial charge in [-0.2, -0.15) is 0 Å². The summed E-state index contributed by atoms with van der Waals surface area (Å²) in [6.45, 7) is 2.31. The van der Waals surface area contributed by atoms with Crippen LogP contribution in [0.2, 0.25) is 0 Å². The van der Waals surface area contributed by atoms with Gasteiger partial charge in [-0.25, -0.2) is 4.79 Å². The van der Waals surface area contributed by atoms with Gasteiger partial charge in [-0.1, -0.05) is 43.7 Å². The SMILES string of the molecule is CCCCOC(=O)C(=Cc1ccco1)NC(=O)C=Cc1ccccc1. The van der Waals surface area contributed by atoms with Crippen molar-refractivity contribution in [3.8, 4) is 0 Å². The van der Waals surface area contributed by atoms with Crippen LogP contribution in [-0.4, -0.2) is 18.5 Å². The van der Waals surface area contributed by atoms with Crippen molar-refractivity contribution in [2.45, 2.75) is 19.8 Å². The molecule has 1 amide bonds. The third-order valence-electron chi connectivity index (χ3n) is 3.27. The van der Waals surface area contributed by atoms with Gasteiger partial charge in [0.15, 0.2) is 0 Å². The van der Waals surface area contributed by atoms with Crippen molar-refractivity contribution in [1.29, 1.82) is 0 Å². The van der Waals surface area contributed by atoms with Crippen molar-refractivity contribution in [3.63, 3.8) is 0 Å². The Morgan fingerprint density at radius 3 is 2.64 bits per heavy atom. The number of unbranched alkanes of at least 4 members (excludes halogenated alkanes) is 1. The van der Waals surface area contributed by atoms with E-state index in [2.05, 4.69) is 5.32 Å². The van der Waals surface area contributed by atoms with Crippen LogP contribution < -0.4 is 5.32 Å². The highest BCUT2D eigenvalue weighted by Gasteiger charge is 2.14. The molecule has 0 fully saturated rings. The molecule has 130 valence electrons. The van der Waals surface area contributed by atoms with E-state index in [1.54, 1.807) is 18.2 Å². The van der Waals surface area contributed by atoms with Crippen LogP contribution in [0, 0.1) is 0 Å². The molecule has 0 unspecified atom stereocenters. The number of benzene rings is 1. The molecule has 0 aliphatic rings. The fourth-order valence-corrected chi connectivity index (χ4v) is 1.96. The van der Waals surface area contributed by atoms with Crippen molar-refractivity contribution in [2.75, 3.05) is 6.61 Å². The molecule has 0 aliphatic carbocycles. The van der Waals surface area contributed by atoms with Gasteiger partial charge in [-0.05, 0) is 30.2 Å². The number of furan rings is 1. The predicted octanol–water partition coefficient (Wildman–Crippen LogP) is 3.79. The Hall–Kier alpha value is -3.08. The van der Waals surface area contributed by atoms with E-state index in [0.29, 0.717) is 12.4 Å². The van der Waals surface area contributed by atoms with Gasteiger partial charge < -0.3 is 14.5 Å². The second kappa shape index (κ2) is 9.93. The maximum atomic E-state index is 12.2. The summed E-state index contributed by atoms with van der Waals surface area (Å²) in [6.07, 6.45) is 7.65. The number of carbonyl (C=O) groups is 2. The lowest BCUT2D eigenvalue weighted by Crippen LogP contribution is -2.27. The molecule has 0 atom stereocenters. The molecule has 0 bridgehead atoms. The number of nitrogens with one attached hydrogen (secondary N) is 1. The summed E-state index contributed by atoms with van der Waals surface area (Å²) in [6, 6.07) is 12.8. The molecule has 0 aliphatic heterocycles. The van der Waals surface area contributed by atoms with Crippen LogP contribution >= 0.6 is 0 Å². The van der Waals surface area contributed by atoms with E-state index in [9.17, 15) is 9.59 Å². The van der Waals surface area contributed by atoms with Gasteiger partial charge >= 0.3 is 5.97 Å². The van der Waals surface area contributed by atoms with E-state index in [1.165, 1.54) is 18.4 Å². The monoisotopic (exact) mass is 339 g/mol. The molecule has 1 heterocycles. The third kappa shape index (κ3) is 6.51. The van der Waals surface area contributed by atoms with Crippen molar-refractivity contribution >= 4 is 24.0 Å². The first-order valence-corrected chi connectivity index (χ1v) is 8.15.